The van der Waals surface area contributed by atoms with Gasteiger partial charge in [-0.2, -0.15) is 0 Å². The number of hydrogen-bond acceptors (Lipinski definition) is 3. The number of aliphatic hydroxyl groups excluding tert-OH is 1. The van der Waals surface area contributed by atoms with Crippen LogP contribution in [0.15, 0.2) is 48.5 Å². The summed E-state index contributed by atoms with van der Waals surface area (Å²) < 4.78 is 5.40. The highest BCUT2D eigenvalue weighted by molar-refractivity contribution is 6.31. The lowest BCUT2D eigenvalue weighted by Gasteiger charge is -2.07. The number of Topliss-reactive ketones (excluding diaryl/α,β-unsaturated/α-hetero) is 1. The highest BCUT2D eigenvalue weighted by Crippen LogP contribution is 2.15. The average molecular weight is 277 g/mol. The Morgan fingerprint density at radius 3 is 2.68 bits per heavy atom. The van der Waals surface area contributed by atoms with Crippen LogP contribution in [0.3, 0.4) is 0 Å². The standard InChI is InChI=1S/C15H13ClO3/c16-13-5-2-4-12(8-13)15(18)10-19-14-6-1-3-11(7-14)9-17/h1-8,17H,9-10H2. The first-order chi connectivity index (χ1) is 9.19. The van der Waals surface area contributed by atoms with E-state index in [0.29, 0.717) is 16.3 Å². The largest absolute Gasteiger partial charge is 0.485 e. The van der Waals surface area contributed by atoms with Crippen molar-refractivity contribution in [1.29, 1.82) is 0 Å². The number of carbonyl (C=O) groups excluding carboxylic acids is 1. The monoisotopic (exact) mass is 276 g/mol. The second-order valence-electron chi connectivity index (χ2n) is 4.03. The Kier molecular flexibility index (Phi) is 4.55. The van der Waals surface area contributed by atoms with E-state index < -0.39 is 0 Å². The Morgan fingerprint density at radius 2 is 1.95 bits per heavy atom. The molecule has 0 bridgehead atoms. The minimum atomic E-state index is -0.142. The summed E-state index contributed by atoms with van der Waals surface area (Å²) in [7, 11) is 0. The number of aliphatic hydroxyl groups is 1. The number of halogens is 1. The molecule has 2 aromatic carbocycles. The second kappa shape index (κ2) is 6.36. The van der Waals surface area contributed by atoms with Gasteiger partial charge in [-0.15, -0.1) is 0 Å². The zero-order chi connectivity index (χ0) is 13.7. The fourth-order valence-corrected chi connectivity index (χ4v) is 1.82. The third-order valence-corrected chi connectivity index (χ3v) is 2.83. The molecule has 0 saturated heterocycles. The predicted octanol–water partition coefficient (Wildman–Crippen LogP) is 3.09. The lowest BCUT2D eigenvalue weighted by Crippen LogP contribution is -2.11. The zero-order valence-electron chi connectivity index (χ0n) is 10.2. The zero-order valence-corrected chi connectivity index (χ0v) is 10.9. The van der Waals surface area contributed by atoms with Crippen molar-refractivity contribution in [2.24, 2.45) is 0 Å². The highest BCUT2D eigenvalue weighted by atomic mass is 35.5. The van der Waals surface area contributed by atoms with Gasteiger partial charge in [0.05, 0.1) is 6.61 Å². The van der Waals surface area contributed by atoms with Gasteiger partial charge in [0.1, 0.15) is 5.75 Å². The Bertz CT molecular complexity index is 581. The lowest BCUT2D eigenvalue weighted by atomic mass is 10.1. The molecule has 0 fully saturated rings. The van der Waals surface area contributed by atoms with E-state index in [-0.39, 0.29) is 19.0 Å². The highest BCUT2D eigenvalue weighted by Gasteiger charge is 2.07. The second-order valence-corrected chi connectivity index (χ2v) is 4.46. The maximum absolute atomic E-state index is 11.9. The number of benzene rings is 2. The number of hydrogen-bond donors (Lipinski definition) is 1. The average Bonchev–Trinajstić information content (AvgIpc) is 2.45. The number of ether oxygens (including phenoxy) is 1. The third kappa shape index (κ3) is 3.81. The summed E-state index contributed by atoms with van der Waals surface area (Å²) in [6.45, 7) is -0.116. The van der Waals surface area contributed by atoms with Gasteiger partial charge in [-0.25, -0.2) is 0 Å². The van der Waals surface area contributed by atoms with Crippen LogP contribution in [0.5, 0.6) is 5.75 Å². The topological polar surface area (TPSA) is 46.5 Å². The molecule has 0 radical (unpaired) electrons. The van der Waals surface area contributed by atoms with Crippen molar-refractivity contribution in [3.05, 3.63) is 64.7 Å². The van der Waals surface area contributed by atoms with E-state index in [2.05, 4.69) is 0 Å². The molecule has 2 rings (SSSR count). The minimum absolute atomic E-state index is 0.0561. The Morgan fingerprint density at radius 1 is 1.16 bits per heavy atom. The summed E-state index contributed by atoms with van der Waals surface area (Å²) >= 11 is 5.82. The van der Waals surface area contributed by atoms with Crippen molar-refractivity contribution in [3.8, 4) is 5.75 Å². The normalized spacial score (nSPS) is 10.2. The van der Waals surface area contributed by atoms with Gasteiger partial charge in [0.15, 0.2) is 12.4 Å². The van der Waals surface area contributed by atoms with Crippen LogP contribution in [0.2, 0.25) is 5.02 Å². The van der Waals surface area contributed by atoms with Crippen molar-refractivity contribution in [2.75, 3.05) is 6.61 Å². The van der Waals surface area contributed by atoms with Crippen LogP contribution in [-0.2, 0) is 6.61 Å². The van der Waals surface area contributed by atoms with Gasteiger partial charge in [-0.05, 0) is 29.8 Å². The van der Waals surface area contributed by atoms with Gasteiger partial charge in [0.25, 0.3) is 0 Å². The Labute approximate surface area is 116 Å². The lowest BCUT2D eigenvalue weighted by molar-refractivity contribution is 0.0921. The molecule has 0 spiro atoms. The van der Waals surface area contributed by atoms with Gasteiger partial charge >= 0.3 is 0 Å². The molecule has 0 aliphatic carbocycles. The van der Waals surface area contributed by atoms with Crippen LogP contribution in [-0.4, -0.2) is 17.5 Å². The first-order valence-corrected chi connectivity index (χ1v) is 6.18. The fraction of sp³-hybridized carbons (Fsp3) is 0.133. The molecule has 19 heavy (non-hydrogen) atoms. The molecular formula is C15H13ClO3. The molecule has 0 saturated carbocycles. The van der Waals surface area contributed by atoms with E-state index in [1.807, 2.05) is 0 Å². The van der Waals surface area contributed by atoms with Crippen molar-refractivity contribution < 1.29 is 14.6 Å². The van der Waals surface area contributed by atoms with E-state index in [1.165, 1.54) is 0 Å². The molecule has 0 aromatic heterocycles. The number of ketones is 1. The van der Waals surface area contributed by atoms with Gasteiger partial charge in [-0.1, -0.05) is 35.9 Å². The molecule has 0 aliphatic heterocycles. The SMILES string of the molecule is O=C(COc1cccc(CO)c1)c1cccc(Cl)c1. The van der Waals surface area contributed by atoms with Crippen LogP contribution >= 0.6 is 11.6 Å². The Hall–Kier alpha value is -1.84. The van der Waals surface area contributed by atoms with Crippen LogP contribution in [0.1, 0.15) is 15.9 Å². The Balaban J connectivity index is 2.00. The van der Waals surface area contributed by atoms with Gasteiger partial charge in [0, 0.05) is 10.6 Å². The van der Waals surface area contributed by atoms with E-state index in [9.17, 15) is 4.79 Å². The summed E-state index contributed by atoms with van der Waals surface area (Å²) in [5.41, 5.74) is 1.26. The van der Waals surface area contributed by atoms with Crippen molar-refractivity contribution >= 4 is 17.4 Å². The first-order valence-electron chi connectivity index (χ1n) is 5.80. The molecule has 1 N–H and O–H groups in total. The van der Waals surface area contributed by atoms with Gasteiger partial charge in [-0.3, -0.25) is 4.79 Å². The van der Waals surface area contributed by atoms with Crippen molar-refractivity contribution in [1.82, 2.24) is 0 Å². The molecule has 3 nitrogen and oxygen atoms in total. The van der Waals surface area contributed by atoms with E-state index >= 15 is 0 Å². The number of rotatable bonds is 5. The third-order valence-electron chi connectivity index (χ3n) is 2.60. The molecule has 4 heteroatoms. The summed E-state index contributed by atoms with van der Waals surface area (Å²) in [5, 5.41) is 9.53. The van der Waals surface area contributed by atoms with E-state index in [4.69, 9.17) is 21.4 Å². The van der Waals surface area contributed by atoms with Crippen LogP contribution < -0.4 is 4.74 Å². The van der Waals surface area contributed by atoms with E-state index in [0.717, 1.165) is 5.56 Å². The smallest absolute Gasteiger partial charge is 0.200 e. The molecular weight excluding hydrogens is 264 g/mol. The van der Waals surface area contributed by atoms with Crippen molar-refractivity contribution in [2.45, 2.75) is 6.61 Å². The summed E-state index contributed by atoms with van der Waals surface area (Å²) in [6, 6.07) is 13.7. The molecule has 98 valence electrons. The maximum atomic E-state index is 11.9. The summed E-state index contributed by atoms with van der Waals surface area (Å²) in [4.78, 5) is 11.9. The van der Waals surface area contributed by atoms with Crippen LogP contribution in [0.4, 0.5) is 0 Å². The minimum Gasteiger partial charge on any atom is -0.485 e. The quantitative estimate of drug-likeness (QED) is 0.854. The molecule has 0 heterocycles. The van der Waals surface area contributed by atoms with Crippen molar-refractivity contribution in [3.63, 3.8) is 0 Å². The van der Waals surface area contributed by atoms with Gasteiger partial charge < -0.3 is 9.84 Å². The summed E-state index contributed by atoms with van der Waals surface area (Å²) in [6.07, 6.45) is 0. The molecule has 0 amide bonds. The molecule has 2 aromatic rings. The predicted molar refractivity (Wildman–Crippen MR) is 73.6 cm³/mol. The first kappa shape index (κ1) is 13.6. The van der Waals surface area contributed by atoms with E-state index in [1.54, 1.807) is 48.5 Å². The molecule has 0 atom stereocenters. The molecule has 0 aliphatic rings. The summed E-state index contributed by atoms with van der Waals surface area (Å²) in [5.74, 6) is 0.416. The fourth-order valence-electron chi connectivity index (χ4n) is 1.63. The van der Waals surface area contributed by atoms with Crippen LogP contribution in [0.25, 0.3) is 0 Å². The van der Waals surface area contributed by atoms with Crippen LogP contribution in [0, 0.1) is 0 Å². The maximum Gasteiger partial charge on any atom is 0.200 e. The molecule has 0 unspecified atom stereocenters. The number of carbonyl (C=O) groups is 1. The van der Waals surface area contributed by atoms with Gasteiger partial charge in [0.2, 0.25) is 0 Å².